The van der Waals surface area contributed by atoms with Gasteiger partial charge in [-0.3, -0.25) is 10.1 Å². The minimum atomic E-state index is -0.490. The normalized spacial score (nSPS) is 11.9. The van der Waals surface area contributed by atoms with Crippen LogP contribution in [-0.4, -0.2) is 11.0 Å². The standard InChI is InChI=1S/C11H13ClN2O2/c1-4-8(3)13-10-6-9(12)11(14(15)16)5-7(10)2/h4-6,8,13H,1H2,2-3H3. The van der Waals surface area contributed by atoms with Crippen molar-refractivity contribution in [3.05, 3.63) is 45.5 Å². The van der Waals surface area contributed by atoms with Gasteiger partial charge in [0.2, 0.25) is 0 Å². The Morgan fingerprint density at radius 1 is 1.62 bits per heavy atom. The number of nitro benzene ring substituents is 1. The van der Waals surface area contributed by atoms with E-state index in [1.54, 1.807) is 19.1 Å². The zero-order valence-corrected chi connectivity index (χ0v) is 9.91. The van der Waals surface area contributed by atoms with E-state index in [4.69, 9.17) is 11.6 Å². The van der Waals surface area contributed by atoms with Crippen LogP contribution in [-0.2, 0) is 0 Å². The van der Waals surface area contributed by atoms with Crippen LogP contribution in [0.2, 0.25) is 5.02 Å². The van der Waals surface area contributed by atoms with Crippen molar-refractivity contribution < 1.29 is 4.92 Å². The molecule has 0 heterocycles. The highest BCUT2D eigenvalue weighted by molar-refractivity contribution is 6.33. The third-order valence-corrected chi connectivity index (χ3v) is 2.53. The van der Waals surface area contributed by atoms with Crippen LogP contribution < -0.4 is 5.32 Å². The van der Waals surface area contributed by atoms with Crippen LogP contribution >= 0.6 is 11.6 Å². The SMILES string of the molecule is C=CC(C)Nc1cc(Cl)c([N+](=O)[O-])cc1C. The molecule has 86 valence electrons. The topological polar surface area (TPSA) is 55.2 Å². The van der Waals surface area contributed by atoms with Gasteiger partial charge >= 0.3 is 0 Å². The number of rotatable bonds is 4. The van der Waals surface area contributed by atoms with Crippen LogP contribution in [0.1, 0.15) is 12.5 Å². The van der Waals surface area contributed by atoms with Gasteiger partial charge in [-0.2, -0.15) is 0 Å². The molecule has 0 aliphatic rings. The molecule has 1 aromatic carbocycles. The number of nitrogens with one attached hydrogen (secondary N) is 1. The highest BCUT2D eigenvalue weighted by Crippen LogP contribution is 2.30. The van der Waals surface area contributed by atoms with Crippen LogP contribution in [0, 0.1) is 17.0 Å². The predicted octanol–water partition coefficient (Wildman–Crippen LogP) is 3.54. The van der Waals surface area contributed by atoms with Crippen molar-refractivity contribution in [2.75, 3.05) is 5.32 Å². The fraction of sp³-hybridized carbons (Fsp3) is 0.273. The van der Waals surface area contributed by atoms with Crippen molar-refractivity contribution in [1.29, 1.82) is 0 Å². The van der Waals surface area contributed by atoms with E-state index in [1.165, 1.54) is 6.07 Å². The van der Waals surface area contributed by atoms with E-state index in [0.717, 1.165) is 11.3 Å². The van der Waals surface area contributed by atoms with Crippen LogP contribution in [0.15, 0.2) is 24.8 Å². The molecular weight excluding hydrogens is 228 g/mol. The average molecular weight is 241 g/mol. The number of benzene rings is 1. The Morgan fingerprint density at radius 2 is 2.25 bits per heavy atom. The molecule has 0 amide bonds. The van der Waals surface area contributed by atoms with Crippen LogP contribution in [0.4, 0.5) is 11.4 Å². The molecule has 1 unspecified atom stereocenters. The third kappa shape index (κ3) is 2.73. The monoisotopic (exact) mass is 240 g/mol. The van der Waals surface area contributed by atoms with E-state index < -0.39 is 4.92 Å². The molecule has 5 heteroatoms. The highest BCUT2D eigenvalue weighted by atomic mass is 35.5. The molecule has 0 saturated heterocycles. The van der Waals surface area contributed by atoms with E-state index in [1.807, 2.05) is 6.92 Å². The Bertz CT molecular complexity index is 432. The summed E-state index contributed by atoms with van der Waals surface area (Å²) in [7, 11) is 0. The lowest BCUT2D eigenvalue weighted by Gasteiger charge is -2.13. The van der Waals surface area contributed by atoms with Crippen LogP contribution in [0.25, 0.3) is 0 Å². The van der Waals surface area contributed by atoms with Crippen molar-refractivity contribution in [2.45, 2.75) is 19.9 Å². The maximum Gasteiger partial charge on any atom is 0.288 e. The van der Waals surface area contributed by atoms with E-state index >= 15 is 0 Å². The number of halogens is 1. The predicted molar refractivity (Wildman–Crippen MR) is 66.1 cm³/mol. The van der Waals surface area contributed by atoms with Gasteiger partial charge in [0.15, 0.2) is 0 Å². The lowest BCUT2D eigenvalue weighted by atomic mass is 10.1. The summed E-state index contributed by atoms with van der Waals surface area (Å²) < 4.78 is 0. The maximum atomic E-state index is 10.6. The van der Waals surface area contributed by atoms with E-state index in [-0.39, 0.29) is 16.8 Å². The van der Waals surface area contributed by atoms with Crippen molar-refractivity contribution in [1.82, 2.24) is 0 Å². The molecule has 0 aliphatic heterocycles. The Labute approximate surface area is 99.1 Å². The van der Waals surface area contributed by atoms with Gasteiger partial charge in [0.05, 0.1) is 4.92 Å². The zero-order valence-electron chi connectivity index (χ0n) is 9.16. The van der Waals surface area contributed by atoms with E-state index in [0.29, 0.717) is 0 Å². The Morgan fingerprint density at radius 3 is 2.75 bits per heavy atom. The summed E-state index contributed by atoms with van der Waals surface area (Å²) in [6, 6.07) is 3.10. The van der Waals surface area contributed by atoms with Gasteiger partial charge in [-0.05, 0) is 25.5 Å². The van der Waals surface area contributed by atoms with Gasteiger partial charge in [0.1, 0.15) is 5.02 Å². The van der Waals surface area contributed by atoms with Crippen molar-refractivity contribution >= 4 is 23.0 Å². The fourth-order valence-corrected chi connectivity index (χ4v) is 1.50. The van der Waals surface area contributed by atoms with Gasteiger partial charge in [0, 0.05) is 17.8 Å². The minimum absolute atomic E-state index is 0.0732. The number of anilines is 1. The Kier molecular flexibility index (Phi) is 3.90. The molecule has 0 spiro atoms. The summed E-state index contributed by atoms with van der Waals surface area (Å²) >= 11 is 5.82. The molecule has 1 N–H and O–H groups in total. The molecule has 1 aromatic rings. The average Bonchev–Trinajstić information content (AvgIpc) is 2.22. The Hall–Kier alpha value is -1.55. The van der Waals surface area contributed by atoms with Crippen LogP contribution in [0.3, 0.4) is 0 Å². The second-order valence-electron chi connectivity index (χ2n) is 3.54. The summed E-state index contributed by atoms with van der Waals surface area (Å²) in [5.74, 6) is 0. The van der Waals surface area contributed by atoms with Crippen LogP contribution in [0.5, 0.6) is 0 Å². The molecule has 0 bridgehead atoms. The van der Waals surface area contributed by atoms with E-state index in [2.05, 4.69) is 11.9 Å². The first-order chi connectivity index (χ1) is 7.45. The third-order valence-electron chi connectivity index (χ3n) is 2.23. The van der Waals surface area contributed by atoms with Crippen molar-refractivity contribution in [3.63, 3.8) is 0 Å². The Balaban J connectivity index is 3.10. The number of hydrogen-bond acceptors (Lipinski definition) is 3. The molecule has 0 fully saturated rings. The molecule has 1 rings (SSSR count). The molecular formula is C11H13ClN2O2. The molecule has 0 saturated carbocycles. The number of aryl methyl sites for hydroxylation is 1. The quantitative estimate of drug-likeness (QED) is 0.498. The zero-order chi connectivity index (χ0) is 12.3. The van der Waals surface area contributed by atoms with Gasteiger partial charge < -0.3 is 5.32 Å². The van der Waals surface area contributed by atoms with E-state index in [9.17, 15) is 10.1 Å². The molecule has 0 radical (unpaired) electrons. The summed E-state index contributed by atoms with van der Waals surface area (Å²) in [6.07, 6.45) is 1.74. The largest absolute Gasteiger partial charge is 0.379 e. The molecule has 0 aliphatic carbocycles. The highest BCUT2D eigenvalue weighted by Gasteiger charge is 2.15. The van der Waals surface area contributed by atoms with Gasteiger partial charge in [-0.25, -0.2) is 0 Å². The second-order valence-corrected chi connectivity index (χ2v) is 3.95. The van der Waals surface area contributed by atoms with Gasteiger partial charge in [0.25, 0.3) is 5.69 Å². The summed E-state index contributed by atoms with van der Waals surface area (Å²) in [5.41, 5.74) is 1.49. The number of nitro groups is 1. The fourth-order valence-electron chi connectivity index (χ4n) is 1.27. The first-order valence-electron chi connectivity index (χ1n) is 4.79. The molecule has 0 aromatic heterocycles. The number of hydrogen-bond donors (Lipinski definition) is 1. The van der Waals surface area contributed by atoms with Crippen molar-refractivity contribution in [2.24, 2.45) is 0 Å². The smallest absolute Gasteiger partial charge is 0.288 e. The second kappa shape index (κ2) is 4.99. The van der Waals surface area contributed by atoms with Crippen molar-refractivity contribution in [3.8, 4) is 0 Å². The maximum absolute atomic E-state index is 10.6. The molecule has 1 atom stereocenters. The summed E-state index contributed by atoms with van der Waals surface area (Å²) in [5, 5.41) is 13.9. The first kappa shape index (κ1) is 12.5. The minimum Gasteiger partial charge on any atom is -0.379 e. The van der Waals surface area contributed by atoms with Gasteiger partial charge in [-0.1, -0.05) is 17.7 Å². The van der Waals surface area contributed by atoms with Gasteiger partial charge in [-0.15, -0.1) is 6.58 Å². The summed E-state index contributed by atoms with van der Waals surface area (Å²) in [6.45, 7) is 7.38. The molecule has 4 nitrogen and oxygen atoms in total. The number of nitrogens with zero attached hydrogens (tertiary/aromatic N) is 1. The lowest BCUT2D eigenvalue weighted by Crippen LogP contribution is -2.12. The molecule has 16 heavy (non-hydrogen) atoms. The first-order valence-corrected chi connectivity index (χ1v) is 5.17. The summed E-state index contributed by atoms with van der Waals surface area (Å²) in [4.78, 5) is 10.2. The lowest BCUT2D eigenvalue weighted by molar-refractivity contribution is -0.384.